The van der Waals surface area contributed by atoms with Crippen molar-refractivity contribution in [3.63, 3.8) is 0 Å². The van der Waals surface area contributed by atoms with Gasteiger partial charge in [-0.2, -0.15) is 0 Å². The van der Waals surface area contributed by atoms with Crippen molar-refractivity contribution in [2.24, 2.45) is 0 Å². The van der Waals surface area contributed by atoms with Gasteiger partial charge in [0, 0.05) is 29.8 Å². The number of ketones is 1. The van der Waals surface area contributed by atoms with Crippen molar-refractivity contribution in [1.82, 2.24) is 0 Å². The Labute approximate surface area is 160 Å². The van der Waals surface area contributed by atoms with E-state index in [2.05, 4.69) is 5.32 Å². The minimum absolute atomic E-state index is 0.163. The van der Waals surface area contributed by atoms with Crippen LogP contribution in [0.1, 0.15) is 17.3 Å². The minimum atomic E-state index is -0.662. The monoisotopic (exact) mass is 381 g/mol. The Morgan fingerprint density at radius 3 is 2.21 bits per heavy atom. The van der Waals surface area contributed by atoms with E-state index in [1.165, 1.54) is 19.1 Å². The maximum absolute atomic E-state index is 13.9. The fourth-order valence-electron chi connectivity index (χ4n) is 2.63. The van der Waals surface area contributed by atoms with Gasteiger partial charge in [-0.25, -0.2) is 8.78 Å². The van der Waals surface area contributed by atoms with Crippen LogP contribution in [0, 0.1) is 11.6 Å². The summed E-state index contributed by atoms with van der Waals surface area (Å²) in [5.41, 5.74) is 1.86. The molecule has 0 heterocycles. The molecule has 0 spiro atoms. The second-order valence-corrected chi connectivity index (χ2v) is 6.12. The molecule has 28 heavy (non-hydrogen) atoms. The number of benzene rings is 3. The van der Waals surface area contributed by atoms with E-state index in [0.717, 1.165) is 6.07 Å². The van der Waals surface area contributed by atoms with Crippen LogP contribution in [0.4, 0.5) is 14.5 Å². The standard InChI is InChI=1S/C22H17F2NO3/c1-14(26)25-18-7-9-19(10-8-18)28-13-22(27)16-4-2-15(3-5-16)20-11-6-17(23)12-21(20)24/h2-12H,13H2,1H3,(H,25,26). The smallest absolute Gasteiger partial charge is 0.221 e. The number of Topliss-reactive ketones (excluding diaryl/α,β-unsaturated/α-hetero) is 1. The van der Waals surface area contributed by atoms with Gasteiger partial charge in [0.2, 0.25) is 5.91 Å². The lowest BCUT2D eigenvalue weighted by Crippen LogP contribution is -2.11. The number of halogens is 2. The molecule has 0 saturated carbocycles. The number of anilines is 1. The van der Waals surface area contributed by atoms with Crippen molar-refractivity contribution in [1.29, 1.82) is 0 Å². The van der Waals surface area contributed by atoms with E-state index in [1.807, 2.05) is 0 Å². The number of amides is 1. The molecule has 3 rings (SSSR count). The number of carbonyl (C=O) groups is 2. The SMILES string of the molecule is CC(=O)Nc1ccc(OCC(=O)c2ccc(-c3ccc(F)cc3F)cc2)cc1. The Kier molecular flexibility index (Phi) is 5.79. The average Bonchev–Trinajstić information content (AvgIpc) is 2.67. The Morgan fingerprint density at radius 1 is 0.929 bits per heavy atom. The zero-order valence-corrected chi connectivity index (χ0v) is 15.0. The molecular formula is C22H17F2NO3. The number of rotatable bonds is 6. The third kappa shape index (κ3) is 4.79. The van der Waals surface area contributed by atoms with Crippen LogP contribution in [0.3, 0.4) is 0 Å². The van der Waals surface area contributed by atoms with Gasteiger partial charge in [-0.05, 0) is 42.0 Å². The highest BCUT2D eigenvalue weighted by Gasteiger charge is 2.10. The molecule has 0 unspecified atom stereocenters. The van der Waals surface area contributed by atoms with Gasteiger partial charge in [-0.15, -0.1) is 0 Å². The van der Waals surface area contributed by atoms with E-state index in [4.69, 9.17) is 4.74 Å². The molecule has 0 saturated heterocycles. The van der Waals surface area contributed by atoms with Crippen molar-refractivity contribution in [3.05, 3.63) is 83.9 Å². The first-order valence-electron chi connectivity index (χ1n) is 8.51. The number of hydrogen-bond donors (Lipinski definition) is 1. The summed E-state index contributed by atoms with van der Waals surface area (Å²) in [6.45, 7) is 1.25. The second-order valence-electron chi connectivity index (χ2n) is 6.12. The first kappa shape index (κ1) is 19.2. The number of carbonyl (C=O) groups excluding carboxylic acids is 2. The van der Waals surface area contributed by atoms with E-state index < -0.39 is 11.6 Å². The number of ether oxygens (including phenoxy) is 1. The van der Waals surface area contributed by atoms with Gasteiger partial charge in [-0.1, -0.05) is 24.3 Å². The van der Waals surface area contributed by atoms with Gasteiger partial charge in [-0.3, -0.25) is 9.59 Å². The number of nitrogens with one attached hydrogen (secondary N) is 1. The summed E-state index contributed by atoms with van der Waals surface area (Å²) in [6, 6.07) is 16.4. The van der Waals surface area contributed by atoms with Crippen LogP contribution in [-0.4, -0.2) is 18.3 Å². The van der Waals surface area contributed by atoms with Gasteiger partial charge < -0.3 is 10.1 Å². The molecule has 0 aliphatic rings. The summed E-state index contributed by atoms with van der Waals surface area (Å²) in [4.78, 5) is 23.3. The topological polar surface area (TPSA) is 55.4 Å². The molecule has 1 amide bonds. The van der Waals surface area contributed by atoms with Crippen LogP contribution < -0.4 is 10.1 Å². The Balaban J connectivity index is 1.62. The average molecular weight is 381 g/mol. The van der Waals surface area contributed by atoms with E-state index >= 15 is 0 Å². The zero-order valence-electron chi connectivity index (χ0n) is 15.0. The largest absolute Gasteiger partial charge is 0.485 e. The summed E-state index contributed by atoms with van der Waals surface area (Å²) in [6.07, 6.45) is 0. The summed E-state index contributed by atoms with van der Waals surface area (Å²) >= 11 is 0. The van der Waals surface area contributed by atoms with Gasteiger partial charge in [0.1, 0.15) is 17.4 Å². The van der Waals surface area contributed by atoms with E-state index in [-0.39, 0.29) is 23.9 Å². The lowest BCUT2D eigenvalue weighted by Gasteiger charge is -2.08. The van der Waals surface area contributed by atoms with Crippen LogP contribution in [0.2, 0.25) is 0 Å². The molecule has 3 aromatic carbocycles. The predicted molar refractivity (Wildman–Crippen MR) is 102 cm³/mol. The first-order chi connectivity index (χ1) is 13.4. The molecule has 0 bridgehead atoms. The van der Waals surface area contributed by atoms with Gasteiger partial charge >= 0.3 is 0 Å². The maximum Gasteiger partial charge on any atom is 0.221 e. The van der Waals surface area contributed by atoms with Crippen LogP contribution in [0.15, 0.2) is 66.7 Å². The molecule has 3 aromatic rings. The predicted octanol–water partition coefficient (Wildman–Crippen LogP) is 4.85. The zero-order chi connectivity index (χ0) is 20.1. The third-order valence-electron chi connectivity index (χ3n) is 3.99. The molecule has 1 N–H and O–H groups in total. The second kappa shape index (κ2) is 8.43. The quantitative estimate of drug-likeness (QED) is 0.621. The Bertz CT molecular complexity index is 999. The van der Waals surface area contributed by atoms with E-state index in [0.29, 0.717) is 22.6 Å². The molecule has 4 nitrogen and oxygen atoms in total. The molecule has 0 aliphatic carbocycles. The molecule has 142 valence electrons. The highest BCUT2D eigenvalue weighted by atomic mass is 19.1. The van der Waals surface area contributed by atoms with Crippen molar-refractivity contribution >= 4 is 17.4 Å². The highest BCUT2D eigenvalue weighted by molar-refractivity contribution is 5.97. The van der Waals surface area contributed by atoms with Crippen molar-refractivity contribution in [2.75, 3.05) is 11.9 Å². The molecule has 0 atom stereocenters. The van der Waals surface area contributed by atoms with Gasteiger partial charge in [0.05, 0.1) is 0 Å². The summed E-state index contributed by atoms with van der Waals surface area (Å²) in [7, 11) is 0. The highest BCUT2D eigenvalue weighted by Crippen LogP contribution is 2.24. The van der Waals surface area contributed by atoms with Crippen LogP contribution >= 0.6 is 0 Å². The van der Waals surface area contributed by atoms with Gasteiger partial charge in [0.15, 0.2) is 12.4 Å². The van der Waals surface area contributed by atoms with Crippen LogP contribution in [-0.2, 0) is 4.79 Å². The number of hydrogen-bond acceptors (Lipinski definition) is 3. The van der Waals surface area contributed by atoms with Crippen molar-refractivity contribution in [2.45, 2.75) is 6.92 Å². The molecule has 6 heteroatoms. The molecule has 0 radical (unpaired) electrons. The first-order valence-corrected chi connectivity index (χ1v) is 8.51. The van der Waals surface area contributed by atoms with E-state index in [9.17, 15) is 18.4 Å². The lowest BCUT2D eigenvalue weighted by molar-refractivity contribution is -0.114. The van der Waals surface area contributed by atoms with E-state index in [1.54, 1.807) is 48.5 Å². The Morgan fingerprint density at radius 2 is 1.61 bits per heavy atom. The molecule has 0 aromatic heterocycles. The summed E-state index contributed by atoms with van der Waals surface area (Å²) in [5.74, 6) is -1.22. The molecular weight excluding hydrogens is 364 g/mol. The maximum atomic E-state index is 13.9. The van der Waals surface area contributed by atoms with Crippen LogP contribution in [0.25, 0.3) is 11.1 Å². The summed E-state index contributed by atoms with van der Waals surface area (Å²) in [5, 5.41) is 2.64. The third-order valence-corrected chi connectivity index (χ3v) is 3.99. The minimum Gasteiger partial charge on any atom is -0.485 e. The fourth-order valence-corrected chi connectivity index (χ4v) is 2.63. The molecule has 0 fully saturated rings. The lowest BCUT2D eigenvalue weighted by atomic mass is 10.0. The normalized spacial score (nSPS) is 10.4. The van der Waals surface area contributed by atoms with Crippen molar-refractivity contribution < 1.29 is 23.1 Å². The van der Waals surface area contributed by atoms with Gasteiger partial charge in [0.25, 0.3) is 0 Å². The van der Waals surface area contributed by atoms with Crippen LogP contribution in [0.5, 0.6) is 5.75 Å². The fraction of sp³-hybridized carbons (Fsp3) is 0.0909. The summed E-state index contributed by atoms with van der Waals surface area (Å²) < 4.78 is 32.3. The molecule has 0 aliphatic heterocycles. The Hall–Kier alpha value is -3.54. The van der Waals surface area contributed by atoms with Crippen molar-refractivity contribution in [3.8, 4) is 16.9 Å².